The highest BCUT2D eigenvalue weighted by atomic mass is 19.3. The topological polar surface area (TPSA) is 50.2 Å². The molecule has 0 bridgehead atoms. The molecule has 0 radical (unpaired) electrons. The Balaban J connectivity index is 3.35. The molecule has 1 aromatic heterocycles. The van der Waals surface area contributed by atoms with Crippen molar-refractivity contribution in [3.05, 3.63) is 29.1 Å². The number of carboxylic acid groups (broad SMARTS) is 1. The van der Waals surface area contributed by atoms with Gasteiger partial charge in [-0.15, -0.1) is 0 Å². The van der Waals surface area contributed by atoms with Crippen LogP contribution in [0.3, 0.4) is 0 Å². The maximum atomic E-state index is 12.6. The first kappa shape index (κ1) is 10.4. The molecule has 0 aliphatic heterocycles. The molecule has 76 valence electrons. The van der Waals surface area contributed by atoms with Gasteiger partial charge in [-0.2, -0.15) is 0 Å². The number of hydrogen-bond acceptors (Lipinski definition) is 2. The van der Waals surface area contributed by atoms with Crippen molar-refractivity contribution in [1.82, 2.24) is 4.98 Å². The van der Waals surface area contributed by atoms with Crippen LogP contribution in [0.1, 0.15) is 22.6 Å². The zero-order chi connectivity index (χ0) is 10.9. The minimum absolute atomic E-state index is 0.240. The number of carboxylic acids is 1. The van der Waals surface area contributed by atoms with E-state index >= 15 is 0 Å². The van der Waals surface area contributed by atoms with E-state index in [1.165, 1.54) is 0 Å². The molecule has 1 N–H and O–H groups in total. The van der Waals surface area contributed by atoms with Crippen molar-refractivity contribution >= 4 is 5.97 Å². The second kappa shape index (κ2) is 3.60. The molecule has 1 heterocycles. The molecule has 0 spiro atoms. The van der Waals surface area contributed by atoms with Crippen LogP contribution < -0.4 is 0 Å². The van der Waals surface area contributed by atoms with Crippen LogP contribution in [0, 0.1) is 11.6 Å². The summed E-state index contributed by atoms with van der Waals surface area (Å²) in [5.74, 6) is -5.19. The second-order valence-corrected chi connectivity index (χ2v) is 2.29. The number of alkyl halides is 2. The van der Waals surface area contributed by atoms with E-state index in [4.69, 9.17) is 5.11 Å². The lowest BCUT2D eigenvalue weighted by Crippen LogP contribution is -2.08. The Morgan fingerprint density at radius 3 is 2.43 bits per heavy atom. The first-order chi connectivity index (χ1) is 6.43. The van der Waals surface area contributed by atoms with Crippen LogP contribution in [0.15, 0.2) is 6.07 Å². The minimum atomic E-state index is -3.36. The van der Waals surface area contributed by atoms with Gasteiger partial charge in [-0.1, -0.05) is 0 Å². The Morgan fingerprint density at radius 2 is 2.00 bits per heavy atom. The second-order valence-electron chi connectivity index (χ2n) is 2.29. The van der Waals surface area contributed by atoms with E-state index in [0.29, 0.717) is 0 Å². The highest BCUT2D eigenvalue weighted by Gasteiger charge is 2.22. The molecule has 0 fully saturated rings. The molecule has 7 heteroatoms. The quantitative estimate of drug-likeness (QED) is 0.757. The SMILES string of the molecule is O=C(O)c1cc(F)c(F)c(C(F)F)n1. The molecule has 0 saturated carbocycles. The van der Waals surface area contributed by atoms with Crippen molar-refractivity contribution in [1.29, 1.82) is 0 Å². The average Bonchev–Trinajstić information content (AvgIpc) is 2.08. The summed E-state index contributed by atoms with van der Waals surface area (Å²) in [6, 6.07) is 0.240. The standard InChI is InChI=1S/C7H3F4NO2/c8-2-1-3(7(13)14)12-5(4(2)9)6(10)11/h1,6H,(H,13,14). The summed E-state index contributed by atoms with van der Waals surface area (Å²) in [5, 5.41) is 8.31. The maximum Gasteiger partial charge on any atom is 0.354 e. The zero-order valence-electron chi connectivity index (χ0n) is 6.47. The first-order valence-electron chi connectivity index (χ1n) is 3.31. The van der Waals surface area contributed by atoms with Crippen molar-refractivity contribution in [2.75, 3.05) is 0 Å². The predicted molar refractivity (Wildman–Crippen MR) is 36.1 cm³/mol. The number of rotatable bonds is 2. The van der Waals surface area contributed by atoms with Gasteiger partial charge in [-0.05, 0) is 0 Å². The van der Waals surface area contributed by atoms with Crippen LogP contribution in [0.25, 0.3) is 0 Å². The van der Waals surface area contributed by atoms with Gasteiger partial charge in [0.15, 0.2) is 17.3 Å². The third-order valence-electron chi connectivity index (χ3n) is 1.36. The number of hydrogen-bond donors (Lipinski definition) is 1. The molecule has 0 aliphatic carbocycles. The Hall–Kier alpha value is -1.66. The number of halogens is 4. The molecule has 1 rings (SSSR count). The first-order valence-corrected chi connectivity index (χ1v) is 3.31. The van der Waals surface area contributed by atoms with Crippen LogP contribution in [-0.4, -0.2) is 16.1 Å². The van der Waals surface area contributed by atoms with E-state index in [1.54, 1.807) is 0 Å². The fourth-order valence-electron chi connectivity index (χ4n) is 0.771. The van der Waals surface area contributed by atoms with Crippen LogP contribution in [-0.2, 0) is 0 Å². The van der Waals surface area contributed by atoms with Crippen LogP contribution in [0.4, 0.5) is 17.6 Å². The van der Waals surface area contributed by atoms with Gasteiger partial charge >= 0.3 is 5.97 Å². The fourth-order valence-corrected chi connectivity index (χ4v) is 0.771. The van der Waals surface area contributed by atoms with Crippen molar-refractivity contribution in [3.8, 4) is 0 Å². The van der Waals surface area contributed by atoms with E-state index in [-0.39, 0.29) is 6.07 Å². The number of carbonyl (C=O) groups is 1. The van der Waals surface area contributed by atoms with Gasteiger partial charge in [0.05, 0.1) is 0 Å². The molecule has 0 aromatic carbocycles. The van der Waals surface area contributed by atoms with Gasteiger partial charge in [-0.3, -0.25) is 0 Å². The van der Waals surface area contributed by atoms with Crippen LogP contribution >= 0.6 is 0 Å². The summed E-state index contributed by atoms with van der Waals surface area (Å²) >= 11 is 0. The summed E-state index contributed by atoms with van der Waals surface area (Å²) in [5.41, 5.74) is -2.46. The van der Waals surface area contributed by atoms with Gasteiger partial charge in [0.1, 0.15) is 5.69 Å². The Labute approximate surface area is 75.0 Å². The summed E-state index contributed by atoms with van der Waals surface area (Å²) in [6.45, 7) is 0. The molecule has 0 atom stereocenters. The molecular weight excluding hydrogens is 206 g/mol. The number of nitrogens with zero attached hydrogens (tertiary/aromatic N) is 1. The molecule has 0 unspecified atom stereocenters. The van der Waals surface area contributed by atoms with Crippen molar-refractivity contribution < 1.29 is 27.5 Å². The zero-order valence-corrected chi connectivity index (χ0v) is 6.47. The minimum Gasteiger partial charge on any atom is -0.477 e. The lowest BCUT2D eigenvalue weighted by molar-refractivity contribution is 0.0687. The summed E-state index contributed by atoms with van der Waals surface area (Å²) in [6.07, 6.45) is -3.36. The average molecular weight is 209 g/mol. The summed E-state index contributed by atoms with van der Waals surface area (Å²) in [4.78, 5) is 13.0. The molecule has 0 amide bonds. The largest absolute Gasteiger partial charge is 0.477 e. The Morgan fingerprint density at radius 1 is 1.43 bits per heavy atom. The molecule has 14 heavy (non-hydrogen) atoms. The van der Waals surface area contributed by atoms with Gasteiger partial charge in [0, 0.05) is 6.07 Å². The molecule has 3 nitrogen and oxygen atoms in total. The molecular formula is C7H3F4NO2. The molecule has 0 saturated heterocycles. The number of aromatic nitrogens is 1. The highest BCUT2D eigenvalue weighted by molar-refractivity contribution is 5.85. The summed E-state index contributed by atoms with van der Waals surface area (Å²) in [7, 11) is 0. The van der Waals surface area contributed by atoms with E-state index in [2.05, 4.69) is 4.98 Å². The maximum absolute atomic E-state index is 12.6. The van der Waals surface area contributed by atoms with E-state index in [9.17, 15) is 22.4 Å². The van der Waals surface area contributed by atoms with Gasteiger partial charge < -0.3 is 5.11 Å². The van der Waals surface area contributed by atoms with Gasteiger partial charge in [-0.25, -0.2) is 27.3 Å². The Kier molecular flexibility index (Phi) is 2.68. The van der Waals surface area contributed by atoms with Gasteiger partial charge in [0.2, 0.25) is 0 Å². The molecule has 0 aliphatic rings. The Bertz CT molecular complexity index is 380. The number of pyridine rings is 1. The highest BCUT2D eigenvalue weighted by Crippen LogP contribution is 2.22. The van der Waals surface area contributed by atoms with Crippen molar-refractivity contribution in [3.63, 3.8) is 0 Å². The third-order valence-corrected chi connectivity index (χ3v) is 1.36. The van der Waals surface area contributed by atoms with Crippen molar-refractivity contribution in [2.45, 2.75) is 6.43 Å². The van der Waals surface area contributed by atoms with Crippen LogP contribution in [0.2, 0.25) is 0 Å². The smallest absolute Gasteiger partial charge is 0.354 e. The lowest BCUT2D eigenvalue weighted by Gasteiger charge is -2.02. The molecule has 1 aromatic rings. The summed E-state index contributed by atoms with van der Waals surface area (Å²) < 4.78 is 49.1. The van der Waals surface area contributed by atoms with E-state index in [1.807, 2.05) is 0 Å². The number of aromatic carboxylic acids is 1. The van der Waals surface area contributed by atoms with Gasteiger partial charge in [0.25, 0.3) is 6.43 Å². The predicted octanol–water partition coefficient (Wildman–Crippen LogP) is 2.00. The lowest BCUT2D eigenvalue weighted by atomic mass is 10.3. The third kappa shape index (κ3) is 1.81. The van der Waals surface area contributed by atoms with E-state index in [0.717, 1.165) is 0 Å². The normalized spacial score (nSPS) is 10.6. The van der Waals surface area contributed by atoms with E-state index < -0.39 is 35.4 Å². The fraction of sp³-hybridized carbons (Fsp3) is 0.143. The monoisotopic (exact) mass is 209 g/mol. The van der Waals surface area contributed by atoms with Crippen LogP contribution in [0.5, 0.6) is 0 Å². The van der Waals surface area contributed by atoms with Crippen molar-refractivity contribution in [2.24, 2.45) is 0 Å².